The summed E-state index contributed by atoms with van der Waals surface area (Å²) in [7, 11) is -2.38. The van der Waals surface area contributed by atoms with Gasteiger partial charge in [0.1, 0.15) is 5.75 Å². The Labute approximate surface area is 100.0 Å². The van der Waals surface area contributed by atoms with Gasteiger partial charge in [0.05, 0.1) is 15.2 Å². The summed E-state index contributed by atoms with van der Waals surface area (Å²) >= 11 is 1.96. The molecule has 0 fully saturated rings. The summed E-state index contributed by atoms with van der Waals surface area (Å²) in [5.41, 5.74) is 0.388. The molecule has 1 aromatic carbocycles. The lowest BCUT2D eigenvalue weighted by Crippen LogP contribution is -1.93. The zero-order chi connectivity index (χ0) is 11.3. The smallest absolute Gasteiger partial charge is 0.424 e. The first-order chi connectivity index (χ1) is 7.17. The van der Waals surface area contributed by atoms with E-state index in [1.54, 1.807) is 12.1 Å². The Balaban J connectivity index is 2.80. The molecule has 0 aromatic heterocycles. The summed E-state index contributed by atoms with van der Waals surface area (Å²) in [6, 6.07) is 6.62. The molecule has 0 aliphatic heterocycles. The predicted octanol–water partition coefficient (Wildman–Crippen LogP) is 2.18. The highest BCUT2D eigenvalue weighted by molar-refractivity contribution is 14.1. The molecule has 1 aromatic rings. The van der Waals surface area contributed by atoms with Crippen LogP contribution in [-0.2, 0) is 9.71 Å². The van der Waals surface area contributed by atoms with Gasteiger partial charge in [-0.1, -0.05) is 5.04 Å². The third-order valence-corrected chi connectivity index (χ3v) is 2.77. The van der Waals surface area contributed by atoms with Crippen LogP contribution in [0.5, 0.6) is 5.75 Å². The maximum absolute atomic E-state index is 9.04. The van der Waals surface area contributed by atoms with E-state index in [0.29, 0.717) is 9.13 Å². The molecule has 8 heteroatoms. The molecule has 0 aliphatic rings. The first-order valence-electron chi connectivity index (χ1n) is 3.52. The van der Waals surface area contributed by atoms with Gasteiger partial charge in [0.15, 0.2) is 0 Å². The predicted molar refractivity (Wildman–Crippen MR) is 58.4 cm³/mol. The van der Waals surface area contributed by atoms with Gasteiger partial charge in [-0.15, -0.1) is 4.67 Å². The Hall–Kier alpha value is -0.490. The van der Waals surface area contributed by atoms with Crippen molar-refractivity contribution in [1.82, 2.24) is 0 Å². The second-order valence-corrected chi connectivity index (χ2v) is 4.20. The molecule has 0 spiro atoms. The number of hydrogen-bond acceptors (Lipinski definition) is 6. The minimum absolute atomic E-state index is 0.278. The van der Waals surface area contributed by atoms with E-state index in [9.17, 15) is 0 Å². The normalized spacial score (nSPS) is 11.9. The number of halogens is 1. The SMILES string of the molecule is N#Cc1ccc(I)c(OP(O)OOO)c1. The molecule has 1 unspecified atom stereocenters. The van der Waals surface area contributed by atoms with Crippen LogP contribution in [-0.4, -0.2) is 10.2 Å². The third kappa shape index (κ3) is 3.87. The van der Waals surface area contributed by atoms with Crippen molar-refractivity contribution in [3.05, 3.63) is 27.3 Å². The van der Waals surface area contributed by atoms with E-state index < -0.39 is 8.60 Å². The lowest BCUT2D eigenvalue weighted by Gasteiger charge is -2.09. The van der Waals surface area contributed by atoms with Crippen LogP contribution in [0.15, 0.2) is 18.2 Å². The standard InChI is InChI=1S/C7H5INO5P/c8-6-2-1-5(4-9)3-7(6)12-15(11)14-13-10/h1-3,10-11H. The van der Waals surface area contributed by atoms with E-state index in [1.165, 1.54) is 6.07 Å². The molecule has 0 aliphatic carbocycles. The highest BCUT2D eigenvalue weighted by Crippen LogP contribution is 2.37. The monoisotopic (exact) mass is 341 g/mol. The summed E-state index contributed by atoms with van der Waals surface area (Å²) in [4.78, 5) is 9.04. The van der Waals surface area contributed by atoms with E-state index in [2.05, 4.69) is 9.71 Å². The molecular formula is C7H5INO5P. The van der Waals surface area contributed by atoms with E-state index in [-0.39, 0.29) is 5.75 Å². The van der Waals surface area contributed by atoms with Crippen molar-refractivity contribution in [2.45, 2.75) is 0 Å². The number of nitriles is 1. The largest absolute Gasteiger partial charge is 0.426 e. The molecule has 0 saturated carbocycles. The second-order valence-electron chi connectivity index (χ2n) is 2.24. The van der Waals surface area contributed by atoms with Crippen molar-refractivity contribution in [2.24, 2.45) is 0 Å². The van der Waals surface area contributed by atoms with Crippen LogP contribution in [0.4, 0.5) is 0 Å². The van der Waals surface area contributed by atoms with E-state index >= 15 is 0 Å². The van der Waals surface area contributed by atoms with Crippen molar-refractivity contribution < 1.29 is 24.4 Å². The van der Waals surface area contributed by atoms with Gasteiger partial charge in [0.25, 0.3) is 0 Å². The molecule has 6 nitrogen and oxygen atoms in total. The maximum Gasteiger partial charge on any atom is 0.426 e. The van der Waals surface area contributed by atoms with Gasteiger partial charge in [0, 0.05) is 0 Å². The van der Waals surface area contributed by atoms with Gasteiger partial charge in [-0.25, -0.2) is 5.26 Å². The van der Waals surface area contributed by atoms with Crippen molar-refractivity contribution in [2.75, 3.05) is 0 Å². The molecule has 0 amide bonds. The third-order valence-electron chi connectivity index (χ3n) is 1.33. The Bertz CT molecular complexity index is 382. The molecule has 0 bridgehead atoms. The molecule has 2 N–H and O–H groups in total. The lowest BCUT2D eigenvalue weighted by molar-refractivity contribution is -0.442. The van der Waals surface area contributed by atoms with Gasteiger partial charge in [-0.2, -0.15) is 5.26 Å². The number of rotatable bonds is 4. The molecule has 1 rings (SSSR count). The lowest BCUT2D eigenvalue weighted by atomic mass is 10.2. The van der Waals surface area contributed by atoms with E-state index in [1.807, 2.05) is 28.7 Å². The summed E-state index contributed by atoms with van der Waals surface area (Å²) in [5, 5.41) is 19.8. The van der Waals surface area contributed by atoms with Crippen molar-refractivity contribution in [1.29, 1.82) is 5.26 Å². The average Bonchev–Trinajstić information content (AvgIpc) is 2.21. The highest BCUT2D eigenvalue weighted by atomic mass is 127. The zero-order valence-electron chi connectivity index (χ0n) is 7.12. The quantitative estimate of drug-likeness (QED) is 0.378. The fourth-order valence-electron chi connectivity index (χ4n) is 0.771. The Morgan fingerprint density at radius 2 is 2.20 bits per heavy atom. The van der Waals surface area contributed by atoms with Gasteiger partial charge in [-0.05, 0) is 40.8 Å². The van der Waals surface area contributed by atoms with Crippen LogP contribution >= 0.6 is 31.2 Å². The zero-order valence-corrected chi connectivity index (χ0v) is 10.2. The number of hydrogen-bond donors (Lipinski definition) is 2. The fourth-order valence-corrected chi connectivity index (χ4v) is 1.80. The van der Waals surface area contributed by atoms with Gasteiger partial charge >= 0.3 is 8.60 Å². The van der Waals surface area contributed by atoms with E-state index in [4.69, 9.17) is 19.9 Å². The topological polar surface area (TPSA) is 91.9 Å². The molecule has 80 valence electrons. The summed E-state index contributed by atoms with van der Waals surface area (Å²) < 4.78 is 9.51. The van der Waals surface area contributed by atoms with E-state index in [0.717, 1.165) is 0 Å². The minimum atomic E-state index is -2.38. The summed E-state index contributed by atoms with van der Waals surface area (Å²) in [6.45, 7) is 0. The van der Waals surface area contributed by atoms with Crippen LogP contribution < -0.4 is 4.52 Å². The minimum Gasteiger partial charge on any atom is -0.424 e. The molecular weight excluding hydrogens is 336 g/mol. The molecule has 1 atom stereocenters. The van der Waals surface area contributed by atoms with Gasteiger partial charge in [0.2, 0.25) is 0 Å². The van der Waals surface area contributed by atoms with Crippen LogP contribution in [0.3, 0.4) is 0 Å². The summed E-state index contributed by atoms with van der Waals surface area (Å²) in [6.07, 6.45) is 0. The molecule has 0 heterocycles. The van der Waals surface area contributed by atoms with Crippen molar-refractivity contribution in [3.63, 3.8) is 0 Å². The second kappa shape index (κ2) is 6.17. The number of nitrogens with zero attached hydrogens (tertiary/aromatic N) is 1. The van der Waals surface area contributed by atoms with Crippen LogP contribution in [0.25, 0.3) is 0 Å². The Morgan fingerprint density at radius 1 is 1.47 bits per heavy atom. The Kier molecular flexibility index (Phi) is 5.17. The fraction of sp³-hybridized carbons (Fsp3) is 0. The average molecular weight is 341 g/mol. The Morgan fingerprint density at radius 3 is 2.80 bits per heavy atom. The molecule has 0 saturated heterocycles. The van der Waals surface area contributed by atoms with Gasteiger partial charge in [-0.3, -0.25) is 0 Å². The van der Waals surface area contributed by atoms with Crippen molar-refractivity contribution >= 4 is 31.2 Å². The molecule has 0 radical (unpaired) electrons. The van der Waals surface area contributed by atoms with Crippen LogP contribution in [0.1, 0.15) is 5.56 Å². The number of benzene rings is 1. The van der Waals surface area contributed by atoms with Gasteiger partial charge < -0.3 is 9.42 Å². The molecule has 15 heavy (non-hydrogen) atoms. The first-order valence-corrected chi connectivity index (χ1v) is 5.73. The van der Waals surface area contributed by atoms with Crippen LogP contribution in [0.2, 0.25) is 0 Å². The maximum atomic E-state index is 9.04. The first kappa shape index (κ1) is 12.6. The summed E-state index contributed by atoms with van der Waals surface area (Å²) in [5.74, 6) is 0.278. The highest BCUT2D eigenvalue weighted by Gasteiger charge is 2.13. The van der Waals surface area contributed by atoms with Crippen LogP contribution in [0, 0.1) is 14.9 Å². The van der Waals surface area contributed by atoms with Crippen molar-refractivity contribution in [3.8, 4) is 11.8 Å².